The number of carbonyl (C=O) groups is 4. The highest BCUT2D eigenvalue weighted by Crippen LogP contribution is 2.47. The SMILES string of the molecule is COC(=O)NC(C(=O)N1CCC[C@H]1c1ncc(-c2ccc3c(c2)cc2n3C(c3cc(OC)cc(OC)c3)Oc3cc(-c4cnc(C5CCCN5C(=O)[C@@H](NC(=O)O)C(C)C)[nH]4)ccc3-2)[nH]1)[C@@H](C)OC. The minimum Gasteiger partial charge on any atom is -0.497 e. The summed E-state index contributed by atoms with van der Waals surface area (Å²) >= 11 is 0. The molecule has 4 amide bonds. The van der Waals surface area contributed by atoms with Crippen molar-refractivity contribution in [3.05, 3.63) is 90.3 Å². The molecule has 0 aliphatic carbocycles. The van der Waals surface area contributed by atoms with E-state index in [4.69, 9.17) is 33.7 Å². The van der Waals surface area contributed by atoms with Crippen molar-refractivity contribution < 1.29 is 48.0 Å². The number of aromatic amines is 2. The monoisotopic (exact) mass is 943 g/mol. The van der Waals surface area contributed by atoms with Gasteiger partial charge in [0.25, 0.3) is 0 Å². The molecular weight excluding hydrogens is 887 g/mol. The molecule has 3 aromatic carbocycles. The van der Waals surface area contributed by atoms with E-state index < -0.39 is 36.6 Å². The number of rotatable bonds is 14. The van der Waals surface area contributed by atoms with Gasteiger partial charge in [-0.15, -0.1) is 0 Å². The second-order valence-corrected chi connectivity index (χ2v) is 18.0. The number of aromatic nitrogens is 5. The summed E-state index contributed by atoms with van der Waals surface area (Å²) in [6.45, 7) is 6.37. The zero-order chi connectivity index (χ0) is 48.7. The Morgan fingerprint density at radius 3 is 1.91 bits per heavy atom. The van der Waals surface area contributed by atoms with Crippen LogP contribution in [0.5, 0.6) is 17.2 Å². The Bertz CT molecular complexity index is 2880. The van der Waals surface area contributed by atoms with Crippen molar-refractivity contribution in [2.24, 2.45) is 5.92 Å². The molecule has 2 saturated heterocycles. The van der Waals surface area contributed by atoms with Crippen LogP contribution in [0.2, 0.25) is 0 Å². The molecule has 19 heteroatoms. The van der Waals surface area contributed by atoms with Crippen LogP contribution in [-0.4, -0.2) is 123 Å². The van der Waals surface area contributed by atoms with Crippen LogP contribution in [0.1, 0.15) is 82.0 Å². The zero-order valence-electron chi connectivity index (χ0n) is 39.6. The van der Waals surface area contributed by atoms with Gasteiger partial charge in [-0.25, -0.2) is 19.6 Å². The first-order valence-electron chi connectivity index (χ1n) is 23.1. The lowest BCUT2D eigenvalue weighted by Gasteiger charge is -2.31. The summed E-state index contributed by atoms with van der Waals surface area (Å²) in [5.41, 5.74) is 6.75. The Labute approximate surface area is 398 Å². The molecule has 6 aromatic rings. The first-order valence-corrected chi connectivity index (χ1v) is 23.1. The summed E-state index contributed by atoms with van der Waals surface area (Å²) in [7, 11) is 5.96. The third-order valence-electron chi connectivity index (χ3n) is 13.5. The van der Waals surface area contributed by atoms with E-state index in [1.54, 1.807) is 43.3 Å². The average Bonchev–Trinajstić information content (AvgIpc) is 4.22. The van der Waals surface area contributed by atoms with E-state index in [9.17, 15) is 24.3 Å². The van der Waals surface area contributed by atoms with Gasteiger partial charge in [-0.05, 0) is 81.0 Å². The van der Waals surface area contributed by atoms with E-state index in [1.165, 1.54) is 14.2 Å². The van der Waals surface area contributed by atoms with Crippen LogP contribution in [0.25, 0.3) is 44.7 Å². The fourth-order valence-corrected chi connectivity index (χ4v) is 9.87. The predicted octanol–water partition coefficient (Wildman–Crippen LogP) is 7.42. The minimum atomic E-state index is -1.24. The third-order valence-corrected chi connectivity index (χ3v) is 13.5. The Hall–Kier alpha value is -7.54. The Morgan fingerprint density at radius 2 is 1.35 bits per heavy atom. The van der Waals surface area contributed by atoms with Gasteiger partial charge in [-0.2, -0.15) is 0 Å². The highest BCUT2D eigenvalue weighted by atomic mass is 16.5. The average molecular weight is 944 g/mol. The first kappa shape index (κ1) is 46.6. The number of hydrogen-bond acceptors (Lipinski definition) is 11. The predicted molar refractivity (Wildman–Crippen MR) is 254 cm³/mol. The largest absolute Gasteiger partial charge is 0.497 e. The lowest BCUT2D eigenvalue weighted by atomic mass is 10.0. The fourth-order valence-electron chi connectivity index (χ4n) is 9.87. The van der Waals surface area contributed by atoms with Gasteiger partial charge in [0.15, 0.2) is 0 Å². The smallest absolute Gasteiger partial charge is 0.407 e. The normalized spacial score (nSPS) is 18.8. The maximum absolute atomic E-state index is 13.9. The van der Waals surface area contributed by atoms with Gasteiger partial charge in [0, 0.05) is 53.9 Å². The second-order valence-electron chi connectivity index (χ2n) is 18.0. The van der Waals surface area contributed by atoms with E-state index in [2.05, 4.69) is 43.4 Å². The third kappa shape index (κ3) is 8.89. The lowest BCUT2D eigenvalue weighted by Crippen LogP contribution is -2.54. The summed E-state index contributed by atoms with van der Waals surface area (Å²) < 4.78 is 30.8. The van der Waals surface area contributed by atoms with Gasteiger partial charge in [0.2, 0.25) is 18.0 Å². The van der Waals surface area contributed by atoms with Gasteiger partial charge in [-0.1, -0.05) is 26.0 Å². The maximum Gasteiger partial charge on any atom is 0.407 e. The fraction of sp³-hybridized carbons (Fsp3) is 0.400. The number of benzene rings is 3. The summed E-state index contributed by atoms with van der Waals surface area (Å²) in [5, 5.41) is 15.4. The number of hydrogen-bond donors (Lipinski definition) is 5. The number of alkyl carbamates (subject to hydrolysis) is 1. The van der Waals surface area contributed by atoms with Crippen LogP contribution in [0.4, 0.5) is 9.59 Å². The first-order chi connectivity index (χ1) is 33.3. The zero-order valence-corrected chi connectivity index (χ0v) is 39.6. The van der Waals surface area contributed by atoms with Gasteiger partial charge >= 0.3 is 12.2 Å². The van der Waals surface area contributed by atoms with Crippen LogP contribution in [0.15, 0.2) is 73.1 Å². The molecule has 362 valence electrons. The van der Waals surface area contributed by atoms with Crippen molar-refractivity contribution in [1.82, 2.24) is 44.9 Å². The number of methoxy groups -OCH3 is 4. The molecule has 0 radical (unpaired) electrons. The van der Waals surface area contributed by atoms with Crippen molar-refractivity contribution >= 4 is 34.9 Å². The molecule has 2 fully saturated rings. The number of likely N-dealkylation sites (tertiary alicyclic amines) is 2. The molecule has 0 saturated carbocycles. The van der Waals surface area contributed by atoms with E-state index in [1.807, 2.05) is 56.3 Å². The Balaban J connectivity index is 1.04. The number of carbonyl (C=O) groups excluding carboxylic acids is 3. The number of fused-ring (bicyclic) bond motifs is 5. The minimum absolute atomic E-state index is 0.233. The molecule has 0 bridgehead atoms. The molecule has 6 heterocycles. The summed E-state index contributed by atoms with van der Waals surface area (Å²) in [6.07, 6.45) is 3.27. The maximum atomic E-state index is 13.9. The van der Waals surface area contributed by atoms with Crippen LogP contribution in [0, 0.1) is 5.92 Å². The van der Waals surface area contributed by atoms with Crippen molar-refractivity contribution in [3.63, 3.8) is 0 Å². The number of H-pyrrole nitrogens is 2. The molecule has 19 nitrogen and oxygen atoms in total. The molecular formula is C50H57N9O10. The van der Waals surface area contributed by atoms with Gasteiger partial charge < -0.3 is 63.8 Å². The molecule has 3 aromatic heterocycles. The summed E-state index contributed by atoms with van der Waals surface area (Å²) in [5.74, 6) is 2.35. The molecule has 6 atom stereocenters. The van der Waals surface area contributed by atoms with Crippen molar-refractivity contribution in [2.75, 3.05) is 41.5 Å². The molecule has 3 aliphatic heterocycles. The van der Waals surface area contributed by atoms with E-state index >= 15 is 0 Å². The van der Waals surface area contributed by atoms with Crippen LogP contribution in [0.3, 0.4) is 0 Å². The van der Waals surface area contributed by atoms with Crippen LogP contribution < -0.4 is 24.8 Å². The second kappa shape index (κ2) is 19.2. The van der Waals surface area contributed by atoms with E-state index in [0.29, 0.717) is 54.8 Å². The van der Waals surface area contributed by atoms with Crippen molar-refractivity contribution in [3.8, 4) is 51.0 Å². The number of ether oxygens (including phenoxy) is 5. The number of imidazole rings is 2. The van der Waals surface area contributed by atoms with Crippen molar-refractivity contribution in [1.29, 1.82) is 0 Å². The molecule has 5 N–H and O–H groups in total. The van der Waals surface area contributed by atoms with Gasteiger partial charge in [0.1, 0.15) is 41.0 Å². The Kier molecular flexibility index (Phi) is 13.0. The van der Waals surface area contributed by atoms with E-state index in [-0.39, 0.29) is 29.8 Å². The number of carboxylic acid groups (broad SMARTS) is 1. The van der Waals surface area contributed by atoms with Crippen LogP contribution >= 0.6 is 0 Å². The van der Waals surface area contributed by atoms with E-state index in [0.717, 1.165) is 63.1 Å². The number of nitrogens with zero attached hydrogens (tertiary/aromatic N) is 5. The summed E-state index contributed by atoms with van der Waals surface area (Å²) in [6, 6.07) is 17.6. The highest BCUT2D eigenvalue weighted by molar-refractivity contribution is 5.93. The van der Waals surface area contributed by atoms with Crippen molar-refractivity contribution in [2.45, 2.75) is 83.0 Å². The van der Waals surface area contributed by atoms with Crippen LogP contribution in [-0.2, 0) is 19.1 Å². The topological polar surface area (TPSA) is 227 Å². The van der Waals surface area contributed by atoms with Gasteiger partial charge in [0.05, 0.1) is 74.5 Å². The molecule has 0 spiro atoms. The standard InChI is InChI=1S/C50H57N9O10/c1-26(2)42(55-49(62)63)46(60)57-16-8-10-38(57)44-52-25-36(54-44)29-12-14-34-40-21-30-18-28(13-15-37(30)59(40)48(69-41(34)22-29)31-19-32(66-5)23-33(20-31)67-6)35-24-51-45(53-35)39-11-9-17-58(39)47(61)43(27(3)65-4)56-50(64)68-7/h12-15,18-27,38-39,42-43,48,55H,8-11,16-17H2,1-7H3,(H,51,53)(H,52,54)(H,56,64)(H,62,63)/t27-,38?,39+,42+,43?,48?/m1/s1. The number of amides is 4. The molecule has 69 heavy (non-hydrogen) atoms. The highest BCUT2D eigenvalue weighted by Gasteiger charge is 2.40. The lowest BCUT2D eigenvalue weighted by molar-refractivity contribution is -0.137. The molecule has 3 unspecified atom stereocenters. The van der Waals surface area contributed by atoms with Gasteiger partial charge in [-0.3, -0.25) is 9.59 Å². The Morgan fingerprint density at radius 1 is 0.754 bits per heavy atom. The quantitative estimate of drug-likeness (QED) is 0.0719. The molecule has 9 rings (SSSR count). The molecule has 3 aliphatic rings. The number of nitrogens with one attached hydrogen (secondary N) is 4. The summed E-state index contributed by atoms with van der Waals surface area (Å²) in [4.78, 5) is 71.3.